The van der Waals surface area contributed by atoms with Crippen LogP contribution in [0.3, 0.4) is 0 Å². The first-order valence-corrected chi connectivity index (χ1v) is 5.40. The number of benzene rings is 1. The summed E-state index contributed by atoms with van der Waals surface area (Å²) in [5, 5.41) is 4.05. The van der Waals surface area contributed by atoms with E-state index in [1.54, 1.807) is 0 Å². The molecule has 0 saturated carbocycles. The van der Waals surface area contributed by atoms with Gasteiger partial charge in [-0.25, -0.2) is 10.2 Å². The molecule has 1 aromatic rings. The van der Waals surface area contributed by atoms with Crippen molar-refractivity contribution in [1.82, 2.24) is 5.43 Å². The summed E-state index contributed by atoms with van der Waals surface area (Å²) in [6.07, 6.45) is 1.93. The average molecular weight is 217 g/mol. The maximum atomic E-state index is 10.6. The Kier molecular flexibility index (Phi) is 2.90. The van der Waals surface area contributed by atoms with Gasteiger partial charge in [-0.15, -0.1) is 0 Å². The molecule has 1 aromatic carbocycles. The fourth-order valence-electron chi connectivity index (χ4n) is 2.07. The van der Waals surface area contributed by atoms with Crippen LogP contribution in [0.1, 0.15) is 36.8 Å². The second kappa shape index (κ2) is 4.35. The van der Waals surface area contributed by atoms with Crippen LogP contribution in [0.4, 0.5) is 4.79 Å². The van der Waals surface area contributed by atoms with Gasteiger partial charge in [-0.05, 0) is 24.3 Å². The first-order chi connectivity index (χ1) is 7.68. The van der Waals surface area contributed by atoms with Crippen LogP contribution in [-0.2, 0) is 0 Å². The van der Waals surface area contributed by atoms with E-state index in [2.05, 4.69) is 23.5 Å². The van der Waals surface area contributed by atoms with E-state index in [-0.39, 0.29) is 0 Å². The lowest BCUT2D eigenvalue weighted by Gasteiger charge is -2.23. The van der Waals surface area contributed by atoms with Crippen LogP contribution < -0.4 is 11.2 Å². The van der Waals surface area contributed by atoms with Crippen molar-refractivity contribution < 1.29 is 4.79 Å². The van der Waals surface area contributed by atoms with Gasteiger partial charge in [-0.2, -0.15) is 5.10 Å². The maximum Gasteiger partial charge on any atom is 0.332 e. The standard InChI is InChI=1S/C12H15N3O/c1-8-6-7-11(14-15-12(13)16)10-5-3-2-4-9(8)10/h2-5,8H,6-7H2,1H3,(H3,13,15,16)/b14-11-. The molecule has 2 amide bonds. The Morgan fingerprint density at radius 2 is 2.25 bits per heavy atom. The topological polar surface area (TPSA) is 67.5 Å². The number of hydrogen-bond donors (Lipinski definition) is 2. The number of nitrogens with one attached hydrogen (secondary N) is 1. The van der Waals surface area contributed by atoms with E-state index in [9.17, 15) is 4.79 Å². The summed E-state index contributed by atoms with van der Waals surface area (Å²) in [7, 11) is 0. The molecule has 0 aliphatic heterocycles. The van der Waals surface area contributed by atoms with Gasteiger partial charge in [-0.1, -0.05) is 31.2 Å². The highest BCUT2D eigenvalue weighted by molar-refractivity contribution is 6.03. The highest BCUT2D eigenvalue weighted by Gasteiger charge is 2.20. The zero-order valence-electron chi connectivity index (χ0n) is 9.23. The number of nitrogens with two attached hydrogens (primary N) is 1. The van der Waals surface area contributed by atoms with Gasteiger partial charge in [-0.3, -0.25) is 0 Å². The summed E-state index contributed by atoms with van der Waals surface area (Å²) >= 11 is 0. The molecule has 0 spiro atoms. The molecule has 0 bridgehead atoms. The third-order valence-electron chi connectivity index (χ3n) is 2.92. The fraction of sp³-hybridized carbons (Fsp3) is 0.333. The van der Waals surface area contributed by atoms with Gasteiger partial charge < -0.3 is 5.73 Å². The fourth-order valence-corrected chi connectivity index (χ4v) is 2.07. The van der Waals surface area contributed by atoms with Crippen molar-refractivity contribution in [1.29, 1.82) is 0 Å². The highest BCUT2D eigenvalue weighted by Crippen LogP contribution is 2.30. The van der Waals surface area contributed by atoms with Crippen molar-refractivity contribution in [2.24, 2.45) is 10.8 Å². The molecule has 1 aliphatic rings. The van der Waals surface area contributed by atoms with E-state index in [4.69, 9.17) is 5.73 Å². The lowest BCUT2D eigenvalue weighted by atomic mass is 9.83. The smallest absolute Gasteiger partial charge is 0.332 e. The van der Waals surface area contributed by atoms with Crippen LogP contribution in [0.5, 0.6) is 0 Å². The first-order valence-electron chi connectivity index (χ1n) is 5.40. The van der Waals surface area contributed by atoms with E-state index in [0.29, 0.717) is 5.92 Å². The quantitative estimate of drug-likeness (QED) is 0.694. The summed E-state index contributed by atoms with van der Waals surface area (Å²) in [4.78, 5) is 10.6. The second-order valence-corrected chi connectivity index (χ2v) is 4.06. The molecule has 4 heteroatoms. The van der Waals surface area contributed by atoms with Crippen molar-refractivity contribution in [2.75, 3.05) is 0 Å². The van der Waals surface area contributed by atoms with Crippen molar-refractivity contribution in [3.8, 4) is 0 Å². The van der Waals surface area contributed by atoms with Crippen molar-refractivity contribution in [3.63, 3.8) is 0 Å². The van der Waals surface area contributed by atoms with Crippen molar-refractivity contribution in [2.45, 2.75) is 25.7 Å². The van der Waals surface area contributed by atoms with E-state index in [1.165, 1.54) is 5.56 Å². The minimum atomic E-state index is -0.622. The minimum Gasteiger partial charge on any atom is -0.350 e. The summed E-state index contributed by atoms with van der Waals surface area (Å²) in [6, 6.07) is 7.53. The number of urea groups is 1. The van der Waals surface area contributed by atoms with Gasteiger partial charge in [0.15, 0.2) is 0 Å². The number of hydrazone groups is 1. The highest BCUT2D eigenvalue weighted by atomic mass is 16.2. The zero-order valence-corrected chi connectivity index (χ0v) is 9.23. The normalized spacial score (nSPS) is 21.6. The molecular weight excluding hydrogens is 202 g/mol. The van der Waals surface area contributed by atoms with Crippen molar-refractivity contribution >= 4 is 11.7 Å². The van der Waals surface area contributed by atoms with Gasteiger partial charge in [0.05, 0.1) is 5.71 Å². The molecule has 0 radical (unpaired) electrons. The van der Waals surface area contributed by atoms with E-state index in [1.807, 2.05) is 18.2 Å². The van der Waals surface area contributed by atoms with Crippen LogP contribution in [0.15, 0.2) is 29.4 Å². The number of rotatable bonds is 1. The predicted octanol–water partition coefficient (Wildman–Crippen LogP) is 1.96. The van der Waals surface area contributed by atoms with Crippen LogP contribution in [0.25, 0.3) is 0 Å². The number of hydrogen-bond acceptors (Lipinski definition) is 2. The summed E-state index contributed by atoms with van der Waals surface area (Å²) in [5.74, 6) is 0.545. The first kappa shape index (κ1) is 10.7. The Bertz CT molecular complexity index is 440. The Balaban J connectivity index is 2.34. The van der Waals surface area contributed by atoms with E-state index < -0.39 is 6.03 Å². The Hall–Kier alpha value is -1.84. The molecular formula is C12H15N3O. The number of amides is 2. The number of carbonyl (C=O) groups excluding carboxylic acids is 1. The molecule has 0 aromatic heterocycles. The molecule has 4 nitrogen and oxygen atoms in total. The SMILES string of the molecule is CC1CC/C(=N/NC(N)=O)c2ccccc21. The van der Waals surface area contributed by atoms with Crippen LogP contribution in [0, 0.1) is 0 Å². The van der Waals surface area contributed by atoms with Crippen LogP contribution >= 0.6 is 0 Å². The van der Waals surface area contributed by atoms with E-state index in [0.717, 1.165) is 24.1 Å². The molecule has 1 atom stereocenters. The molecule has 0 saturated heterocycles. The largest absolute Gasteiger partial charge is 0.350 e. The van der Waals surface area contributed by atoms with Gasteiger partial charge in [0.1, 0.15) is 0 Å². The molecule has 2 rings (SSSR count). The lowest BCUT2D eigenvalue weighted by molar-refractivity contribution is 0.249. The van der Waals surface area contributed by atoms with Crippen molar-refractivity contribution in [3.05, 3.63) is 35.4 Å². The summed E-state index contributed by atoms with van der Waals surface area (Å²) in [6.45, 7) is 2.21. The summed E-state index contributed by atoms with van der Waals surface area (Å²) in [5.41, 5.74) is 10.6. The lowest BCUT2D eigenvalue weighted by Crippen LogP contribution is -2.27. The van der Waals surface area contributed by atoms with Gasteiger partial charge in [0.2, 0.25) is 0 Å². The molecule has 1 unspecified atom stereocenters. The molecule has 1 aliphatic carbocycles. The number of carbonyl (C=O) groups is 1. The maximum absolute atomic E-state index is 10.6. The monoisotopic (exact) mass is 217 g/mol. The third kappa shape index (κ3) is 2.05. The second-order valence-electron chi connectivity index (χ2n) is 4.06. The molecule has 3 N–H and O–H groups in total. The summed E-state index contributed by atoms with van der Waals surface area (Å²) < 4.78 is 0. The number of primary amides is 1. The third-order valence-corrected chi connectivity index (χ3v) is 2.92. The Morgan fingerprint density at radius 1 is 1.50 bits per heavy atom. The predicted molar refractivity (Wildman–Crippen MR) is 63.3 cm³/mol. The number of nitrogens with zero attached hydrogens (tertiary/aromatic N) is 1. The number of fused-ring (bicyclic) bond motifs is 1. The molecule has 16 heavy (non-hydrogen) atoms. The Morgan fingerprint density at radius 3 is 3.00 bits per heavy atom. The minimum absolute atomic E-state index is 0.545. The van der Waals surface area contributed by atoms with Gasteiger partial charge >= 0.3 is 6.03 Å². The zero-order chi connectivity index (χ0) is 11.5. The molecule has 0 fully saturated rings. The van der Waals surface area contributed by atoms with Crippen LogP contribution in [0.2, 0.25) is 0 Å². The van der Waals surface area contributed by atoms with Crippen LogP contribution in [-0.4, -0.2) is 11.7 Å². The Labute approximate surface area is 94.5 Å². The van der Waals surface area contributed by atoms with E-state index >= 15 is 0 Å². The average Bonchev–Trinajstić information content (AvgIpc) is 2.28. The molecule has 84 valence electrons. The molecule has 0 heterocycles. The van der Waals surface area contributed by atoms with Gasteiger partial charge in [0.25, 0.3) is 0 Å². The van der Waals surface area contributed by atoms with Gasteiger partial charge in [0, 0.05) is 5.56 Å².